The zero-order valence-electron chi connectivity index (χ0n) is 6.69. The average Bonchev–Trinajstić information content (AvgIpc) is 2.01. The van der Waals surface area contributed by atoms with Crippen molar-refractivity contribution in [3.63, 3.8) is 0 Å². The van der Waals surface area contributed by atoms with E-state index in [0.717, 1.165) is 12.1 Å². The van der Waals surface area contributed by atoms with E-state index in [-0.39, 0.29) is 0 Å². The van der Waals surface area contributed by atoms with Crippen molar-refractivity contribution in [2.75, 3.05) is 0 Å². The summed E-state index contributed by atoms with van der Waals surface area (Å²) in [7, 11) is -4.46. The lowest BCUT2D eigenvalue weighted by Crippen LogP contribution is -2.09. The lowest BCUT2D eigenvalue weighted by molar-refractivity contribution is -0.137. The zero-order chi connectivity index (χ0) is 11.0. The maximum Gasteiger partial charge on any atom is 0.416 e. The van der Waals surface area contributed by atoms with Crippen molar-refractivity contribution in [1.82, 2.24) is 0 Å². The van der Waals surface area contributed by atoms with Crippen LogP contribution in [0, 0.1) is 0 Å². The monoisotopic (exact) mass is 226 g/mol. The van der Waals surface area contributed by atoms with Crippen LogP contribution < -0.4 is 5.30 Å². The van der Waals surface area contributed by atoms with Gasteiger partial charge in [0.25, 0.3) is 0 Å². The van der Waals surface area contributed by atoms with Crippen LogP contribution in [0.1, 0.15) is 5.56 Å². The number of halogens is 3. The second-order valence-electron chi connectivity index (χ2n) is 2.59. The van der Waals surface area contributed by atoms with Gasteiger partial charge in [0.2, 0.25) is 0 Å². The Hall–Kier alpha value is -0.840. The predicted molar refractivity (Wildman–Crippen MR) is 43.1 cm³/mol. The Morgan fingerprint density at radius 2 is 1.50 bits per heavy atom. The maximum absolute atomic E-state index is 12.0. The molecule has 0 aliphatic heterocycles. The molecule has 1 aromatic rings. The SMILES string of the molecule is O=P(O)(O)c1ccc(C(F)(F)F)cc1. The number of alkyl halides is 3. The first-order chi connectivity index (χ1) is 6.21. The molecule has 0 atom stereocenters. The standard InChI is InChI=1S/C7H6F3O3P/c8-7(9,10)5-1-3-6(4-2-5)14(11,12)13/h1-4H,(H2,11,12,13). The molecule has 14 heavy (non-hydrogen) atoms. The highest BCUT2D eigenvalue weighted by atomic mass is 31.2. The molecule has 0 amide bonds. The first-order valence-electron chi connectivity index (χ1n) is 3.44. The van der Waals surface area contributed by atoms with Crippen LogP contribution in [0.5, 0.6) is 0 Å². The summed E-state index contributed by atoms with van der Waals surface area (Å²) in [6.07, 6.45) is -4.49. The number of hydrogen-bond acceptors (Lipinski definition) is 1. The summed E-state index contributed by atoms with van der Waals surface area (Å²) in [6.45, 7) is 0. The highest BCUT2D eigenvalue weighted by Gasteiger charge is 2.30. The molecule has 3 nitrogen and oxygen atoms in total. The molecular weight excluding hydrogens is 220 g/mol. The Labute approximate surface area is 77.3 Å². The molecule has 1 aromatic carbocycles. The van der Waals surface area contributed by atoms with Crippen LogP contribution in [0.4, 0.5) is 13.2 Å². The molecule has 0 aromatic heterocycles. The van der Waals surface area contributed by atoms with E-state index in [9.17, 15) is 17.7 Å². The molecule has 0 saturated carbocycles. The van der Waals surface area contributed by atoms with Crippen molar-refractivity contribution in [1.29, 1.82) is 0 Å². The van der Waals surface area contributed by atoms with Crippen molar-refractivity contribution in [2.24, 2.45) is 0 Å². The van der Waals surface area contributed by atoms with Crippen molar-refractivity contribution < 1.29 is 27.5 Å². The van der Waals surface area contributed by atoms with Gasteiger partial charge in [-0.1, -0.05) is 0 Å². The molecule has 0 saturated heterocycles. The average molecular weight is 226 g/mol. The predicted octanol–water partition coefficient (Wildman–Crippen LogP) is 1.51. The zero-order valence-corrected chi connectivity index (χ0v) is 7.59. The largest absolute Gasteiger partial charge is 0.416 e. The minimum Gasteiger partial charge on any atom is -0.321 e. The number of rotatable bonds is 1. The second kappa shape index (κ2) is 3.38. The van der Waals surface area contributed by atoms with Gasteiger partial charge < -0.3 is 9.79 Å². The van der Waals surface area contributed by atoms with E-state index < -0.39 is 24.6 Å². The van der Waals surface area contributed by atoms with Gasteiger partial charge in [0.15, 0.2) is 0 Å². The number of hydrogen-bond donors (Lipinski definition) is 2. The number of benzene rings is 1. The quantitative estimate of drug-likeness (QED) is 0.713. The van der Waals surface area contributed by atoms with E-state index in [4.69, 9.17) is 9.79 Å². The third kappa shape index (κ3) is 2.57. The molecule has 0 radical (unpaired) electrons. The highest BCUT2D eigenvalue weighted by Crippen LogP contribution is 2.34. The van der Waals surface area contributed by atoms with Crippen molar-refractivity contribution in [2.45, 2.75) is 6.18 Å². The van der Waals surface area contributed by atoms with Gasteiger partial charge in [0.05, 0.1) is 10.9 Å². The van der Waals surface area contributed by atoms with E-state index in [1.165, 1.54) is 0 Å². The van der Waals surface area contributed by atoms with Gasteiger partial charge in [-0.3, -0.25) is 4.57 Å². The summed E-state index contributed by atoms with van der Waals surface area (Å²) in [4.78, 5) is 17.2. The highest BCUT2D eigenvalue weighted by molar-refractivity contribution is 7.60. The van der Waals surface area contributed by atoms with Gasteiger partial charge in [-0.2, -0.15) is 13.2 Å². The Morgan fingerprint density at radius 1 is 1.07 bits per heavy atom. The van der Waals surface area contributed by atoms with Crippen LogP contribution in [-0.4, -0.2) is 9.79 Å². The van der Waals surface area contributed by atoms with E-state index in [0.29, 0.717) is 12.1 Å². The molecule has 0 aliphatic carbocycles. The van der Waals surface area contributed by atoms with E-state index in [1.807, 2.05) is 0 Å². The summed E-state index contributed by atoms with van der Waals surface area (Å²) in [5.74, 6) is 0. The lowest BCUT2D eigenvalue weighted by Gasteiger charge is -2.08. The molecule has 0 heterocycles. The van der Waals surface area contributed by atoms with Crippen LogP contribution in [-0.2, 0) is 10.7 Å². The minimum absolute atomic E-state index is 0.425. The Kier molecular flexibility index (Phi) is 2.71. The first kappa shape index (κ1) is 11.2. The molecule has 2 N–H and O–H groups in total. The molecular formula is C7H6F3O3P. The summed E-state index contributed by atoms with van der Waals surface area (Å²) >= 11 is 0. The topological polar surface area (TPSA) is 57.5 Å². The van der Waals surface area contributed by atoms with Crippen LogP contribution in [0.25, 0.3) is 0 Å². The summed E-state index contributed by atoms with van der Waals surface area (Å²) in [6, 6.07) is 2.80. The van der Waals surface area contributed by atoms with Gasteiger partial charge in [-0.25, -0.2) is 0 Å². The molecule has 78 valence electrons. The van der Waals surface area contributed by atoms with E-state index in [2.05, 4.69) is 0 Å². The van der Waals surface area contributed by atoms with E-state index >= 15 is 0 Å². The summed E-state index contributed by atoms with van der Waals surface area (Å²) in [5.41, 5.74) is -0.935. The van der Waals surface area contributed by atoms with Gasteiger partial charge in [-0.05, 0) is 24.3 Å². The Bertz CT molecular complexity index is 365. The van der Waals surface area contributed by atoms with E-state index in [1.54, 1.807) is 0 Å². The fourth-order valence-electron chi connectivity index (χ4n) is 0.845. The molecule has 1 rings (SSSR count). The van der Waals surface area contributed by atoms with Crippen LogP contribution >= 0.6 is 7.60 Å². The van der Waals surface area contributed by atoms with Crippen LogP contribution in [0.2, 0.25) is 0 Å². The van der Waals surface area contributed by atoms with Gasteiger partial charge in [-0.15, -0.1) is 0 Å². The maximum atomic E-state index is 12.0. The van der Waals surface area contributed by atoms with Gasteiger partial charge in [0, 0.05) is 0 Å². The van der Waals surface area contributed by atoms with Crippen LogP contribution in [0.3, 0.4) is 0 Å². The van der Waals surface area contributed by atoms with Gasteiger partial charge in [0.1, 0.15) is 0 Å². The first-order valence-corrected chi connectivity index (χ1v) is 5.06. The fourth-order valence-corrected chi connectivity index (χ4v) is 1.38. The summed E-state index contributed by atoms with van der Waals surface area (Å²) in [5, 5.41) is -0.425. The lowest BCUT2D eigenvalue weighted by atomic mass is 10.2. The van der Waals surface area contributed by atoms with Crippen LogP contribution in [0.15, 0.2) is 24.3 Å². The van der Waals surface area contributed by atoms with Gasteiger partial charge >= 0.3 is 13.8 Å². The molecule has 7 heteroatoms. The summed E-state index contributed by atoms with van der Waals surface area (Å²) < 4.78 is 46.7. The third-order valence-electron chi connectivity index (χ3n) is 1.53. The van der Waals surface area contributed by atoms with Crippen molar-refractivity contribution in [3.8, 4) is 0 Å². The molecule has 0 fully saturated rings. The second-order valence-corrected chi connectivity index (χ2v) is 4.19. The molecule has 0 aliphatic rings. The normalized spacial score (nSPS) is 12.9. The van der Waals surface area contributed by atoms with Crippen molar-refractivity contribution in [3.05, 3.63) is 29.8 Å². The molecule has 0 bridgehead atoms. The van der Waals surface area contributed by atoms with Crippen molar-refractivity contribution >= 4 is 12.9 Å². The molecule has 0 unspecified atom stereocenters. The fraction of sp³-hybridized carbons (Fsp3) is 0.143. The smallest absolute Gasteiger partial charge is 0.321 e. The Morgan fingerprint density at radius 3 is 1.79 bits per heavy atom. The minimum atomic E-state index is -4.49. The molecule has 0 spiro atoms. The third-order valence-corrected chi connectivity index (χ3v) is 2.50. The Balaban J connectivity index is 3.08.